The van der Waals surface area contributed by atoms with Crippen molar-refractivity contribution in [1.82, 2.24) is 0 Å². The Bertz CT molecular complexity index is 1170. The van der Waals surface area contributed by atoms with Gasteiger partial charge in [-0.15, -0.1) is 0 Å². The second-order valence-electron chi connectivity index (χ2n) is 17.1. The van der Waals surface area contributed by atoms with Gasteiger partial charge >= 0.3 is 11.9 Å². The van der Waals surface area contributed by atoms with Crippen molar-refractivity contribution in [2.75, 3.05) is 19.0 Å². The molecule has 0 aromatic heterocycles. The van der Waals surface area contributed by atoms with Gasteiger partial charge in [0.15, 0.2) is 12.4 Å². The summed E-state index contributed by atoms with van der Waals surface area (Å²) in [5.41, 5.74) is 0. The average molecular weight is 877 g/mol. The number of carbonyl (C=O) groups is 2. The first-order valence-electron chi connectivity index (χ1n) is 24.2. The van der Waals surface area contributed by atoms with E-state index in [1.165, 1.54) is 128 Å². The van der Waals surface area contributed by atoms with Gasteiger partial charge in [0.25, 0.3) is 10.1 Å². The monoisotopic (exact) mass is 877 g/mol. The van der Waals surface area contributed by atoms with E-state index in [9.17, 15) is 37.9 Å². The van der Waals surface area contributed by atoms with Crippen LogP contribution in [-0.4, -0.2) is 96.0 Å². The van der Waals surface area contributed by atoms with Crippen LogP contribution in [-0.2, 0) is 38.7 Å². The highest BCUT2D eigenvalue weighted by Crippen LogP contribution is 2.24. The summed E-state index contributed by atoms with van der Waals surface area (Å²) in [4.78, 5) is 25.4. The number of rotatable bonds is 41. The highest BCUT2D eigenvalue weighted by atomic mass is 32.2. The van der Waals surface area contributed by atoms with E-state index in [2.05, 4.69) is 26.0 Å². The lowest BCUT2D eigenvalue weighted by molar-refractivity contribution is -0.297. The number of hydrogen-bond donors (Lipinski definition) is 4. The van der Waals surface area contributed by atoms with Gasteiger partial charge in [0.1, 0.15) is 36.8 Å². The third kappa shape index (κ3) is 32.1. The summed E-state index contributed by atoms with van der Waals surface area (Å²) in [6, 6.07) is 0. The molecule has 1 fully saturated rings. The van der Waals surface area contributed by atoms with E-state index < -0.39 is 71.2 Å². The van der Waals surface area contributed by atoms with Crippen LogP contribution in [0.2, 0.25) is 0 Å². The van der Waals surface area contributed by atoms with Crippen molar-refractivity contribution in [2.24, 2.45) is 0 Å². The third-order valence-corrected chi connectivity index (χ3v) is 12.1. The molecule has 1 aliphatic rings. The Morgan fingerprint density at radius 3 is 1.38 bits per heavy atom. The third-order valence-electron chi connectivity index (χ3n) is 11.3. The molecule has 0 aliphatic carbocycles. The molecule has 1 heterocycles. The van der Waals surface area contributed by atoms with Gasteiger partial charge in [-0.1, -0.05) is 180 Å². The second kappa shape index (κ2) is 37.9. The van der Waals surface area contributed by atoms with Crippen molar-refractivity contribution in [3.05, 3.63) is 12.2 Å². The largest absolute Gasteiger partial charge is 0.462 e. The standard InChI is InChI=1S/C47H88O12S/c1-3-5-7-9-11-13-15-17-19-20-22-24-26-28-30-32-34-36-43(49)58-40(38-57-47-46(52)45(51)44(50)41(59-47)39-60(53,54)55)37-56-42(48)35-33-31-29-27-25-23-21-18-16-14-12-10-8-6-4-2/h17,19,40-41,44-47,50-52H,3-16,18,20-39H2,1-2H3,(H,53,54,55)/b19-17+/t40-,41-,44-,45?,46?,47+/m1/s1. The first kappa shape index (κ1) is 56.4. The van der Waals surface area contributed by atoms with Crippen LogP contribution in [0.5, 0.6) is 0 Å². The fourth-order valence-electron chi connectivity index (χ4n) is 7.56. The van der Waals surface area contributed by atoms with Crippen molar-refractivity contribution in [3.8, 4) is 0 Å². The normalized spacial score (nSPS) is 20.1. The molecule has 6 atom stereocenters. The molecular weight excluding hydrogens is 789 g/mol. The van der Waals surface area contributed by atoms with E-state index in [-0.39, 0.29) is 19.4 Å². The molecule has 1 aliphatic heterocycles. The molecule has 4 N–H and O–H groups in total. The maximum atomic E-state index is 12.8. The Kier molecular flexibility index (Phi) is 35.6. The molecule has 12 nitrogen and oxygen atoms in total. The molecule has 0 amide bonds. The predicted molar refractivity (Wildman–Crippen MR) is 238 cm³/mol. The lowest BCUT2D eigenvalue weighted by atomic mass is 10.00. The van der Waals surface area contributed by atoms with Crippen LogP contribution in [0.3, 0.4) is 0 Å². The zero-order valence-corrected chi connectivity index (χ0v) is 38.6. The van der Waals surface area contributed by atoms with Crippen LogP contribution in [0.15, 0.2) is 12.2 Å². The Hall–Kier alpha value is -1.61. The number of hydrogen-bond acceptors (Lipinski definition) is 11. The molecule has 0 spiro atoms. The van der Waals surface area contributed by atoms with E-state index in [4.69, 9.17) is 18.9 Å². The summed E-state index contributed by atoms with van der Waals surface area (Å²) in [6.45, 7) is 3.78. The molecule has 60 heavy (non-hydrogen) atoms. The van der Waals surface area contributed by atoms with E-state index in [0.717, 1.165) is 51.4 Å². The molecule has 0 aromatic carbocycles. The number of carbonyl (C=O) groups excluding carboxylic acids is 2. The van der Waals surface area contributed by atoms with E-state index >= 15 is 0 Å². The first-order valence-corrected chi connectivity index (χ1v) is 25.9. The van der Waals surface area contributed by atoms with Gasteiger partial charge in [-0.2, -0.15) is 8.42 Å². The number of aliphatic hydroxyl groups excluding tert-OH is 3. The van der Waals surface area contributed by atoms with Crippen molar-refractivity contribution in [1.29, 1.82) is 0 Å². The summed E-state index contributed by atoms with van der Waals surface area (Å²) in [7, 11) is -4.60. The topological polar surface area (TPSA) is 186 Å². The molecule has 0 radical (unpaired) electrons. The molecule has 1 rings (SSSR count). The van der Waals surface area contributed by atoms with Gasteiger partial charge in [-0.25, -0.2) is 0 Å². The minimum atomic E-state index is -4.60. The minimum absolute atomic E-state index is 0.164. The first-order chi connectivity index (χ1) is 29.0. The Labute approximate surface area is 365 Å². The summed E-state index contributed by atoms with van der Waals surface area (Å²) < 4.78 is 54.1. The van der Waals surface area contributed by atoms with Crippen molar-refractivity contribution in [2.45, 2.75) is 256 Å². The number of allylic oxidation sites excluding steroid dienone is 2. The zero-order chi connectivity index (χ0) is 44.1. The van der Waals surface area contributed by atoms with Crippen LogP contribution in [0.4, 0.5) is 0 Å². The molecule has 13 heteroatoms. The smallest absolute Gasteiger partial charge is 0.306 e. The molecule has 1 saturated heterocycles. The Morgan fingerprint density at radius 2 is 0.950 bits per heavy atom. The Balaban J connectivity index is 2.41. The van der Waals surface area contributed by atoms with Crippen LogP contribution in [0.1, 0.15) is 219 Å². The van der Waals surface area contributed by atoms with Gasteiger partial charge in [-0.3, -0.25) is 14.1 Å². The molecule has 2 unspecified atom stereocenters. The molecule has 0 saturated carbocycles. The Morgan fingerprint density at radius 1 is 0.550 bits per heavy atom. The predicted octanol–water partition coefficient (Wildman–Crippen LogP) is 10.2. The number of ether oxygens (including phenoxy) is 4. The highest BCUT2D eigenvalue weighted by molar-refractivity contribution is 7.85. The maximum absolute atomic E-state index is 12.8. The van der Waals surface area contributed by atoms with Crippen LogP contribution in [0.25, 0.3) is 0 Å². The van der Waals surface area contributed by atoms with Crippen LogP contribution in [0, 0.1) is 0 Å². The van der Waals surface area contributed by atoms with Crippen molar-refractivity contribution < 1.29 is 56.8 Å². The SMILES string of the molecule is CCCCCCCC/C=C/CCCCCCCCCC(=O)O[C@H](COC(=O)CCCCCCCCCCCCCCCCC)CO[C@H]1O[C@H](CS(=O)(=O)O)[C@@H](O)C(O)C1O. The lowest BCUT2D eigenvalue weighted by Crippen LogP contribution is -2.60. The van der Waals surface area contributed by atoms with Gasteiger partial charge in [0, 0.05) is 12.8 Å². The van der Waals surface area contributed by atoms with Crippen molar-refractivity contribution in [3.63, 3.8) is 0 Å². The van der Waals surface area contributed by atoms with Gasteiger partial charge < -0.3 is 34.3 Å². The van der Waals surface area contributed by atoms with Gasteiger partial charge in [0.2, 0.25) is 0 Å². The summed E-state index contributed by atoms with van der Waals surface area (Å²) in [5, 5.41) is 30.9. The average Bonchev–Trinajstić information content (AvgIpc) is 3.21. The summed E-state index contributed by atoms with van der Waals surface area (Å²) >= 11 is 0. The maximum Gasteiger partial charge on any atom is 0.306 e. The number of aliphatic hydroxyl groups is 3. The summed E-state index contributed by atoms with van der Waals surface area (Å²) in [5.74, 6) is -1.97. The fraction of sp³-hybridized carbons (Fsp3) is 0.915. The quantitative estimate of drug-likeness (QED) is 0.0197. The number of unbranched alkanes of at least 4 members (excludes halogenated alkanes) is 27. The minimum Gasteiger partial charge on any atom is -0.462 e. The fourth-order valence-corrected chi connectivity index (χ4v) is 8.25. The van der Waals surface area contributed by atoms with E-state index in [1.54, 1.807) is 0 Å². The zero-order valence-electron chi connectivity index (χ0n) is 37.8. The molecule has 0 bridgehead atoms. The van der Waals surface area contributed by atoms with Crippen LogP contribution >= 0.6 is 0 Å². The van der Waals surface area contributed by atoms with Gasteiger partial charge in [-0.05, 0) is 38.5 Å². The van der Waals surface area contributed by atoms with Gasteiger partial charge in [0.05, 0.1) is 6.61 Å². The molecule has 354 valence electrons. The highest BCUT2D eigenvalue weighted by Gasteiger charge is 2.46. The second-order valence-corrected chi connectivity index (χ2v) is 18.6. The molecule has 0 aromatic rings. The molecular formula is C47H88O12S. The van der Waals surface area contributed by atoms with E-state index in [1.807, 2.05) is 0 Å². The number of esters is 2. The van der Waals surface area contributed by atoms with Crippen LogP contribution < -0.4 is 0 Å². The van der Waals surface area contributed by atoms with E-state index in [0.29, 0.717) is 12.8 Å². The lowest BCUT2D eigenvalue weighted by Gasteiger charge is -2.40. The summed E-state index contributed by atoms with van der Waals surface area (Å²) in [6.07, 6.45) is 31.0. The van der Waals surface area contributed by atoms with Crippen molar-refractivity contribution >= 4 is 22.1 Å².